The molecule has 1 aromatic rings. The van der Waals surface area contributed by atoms with E-state index in [0.717, 1.165) is 25.1 Å². The van der Waals surface area contributed by atoms with E-state index in [0.29, 0.717) is 23.2 Å². The van der Waals surface area contributed by atoms with Crippen molar-refractivity contribution in [3.8, 4) is 0 Å². The molecule has 2 heterocycles. The van der Waals surface area contributed by atoms with Gasteiger partial charge < -0.3 is 4.90 Å². The van der Waals surface area contributed by atoms with Gasteiger partial charge in [0, 0.05) is 24.5 Å². The summed E-state index contributed by atoms with van der Waals surface area (Å²) in [6.07, 6.45) is 2.92. The molecule has 0 spiro atoms. The van der Waals surface area contributed by atoms with Gasteiger partial charge in [-0.05, 0) is 12.3 Å². The maximum Gasteiger partial charge on any atom is 0.223 e. The number of amides is 1. The van der Waals surface area contributed by atoms with E-state index in [-0.39, 0.29) is 5.91 Å². The van der Waals surface area contributed by atoms with Crippen molar-refractivity contribution in [3.63, 3.8) is 0 Å². The van der Waals surface area contributed by atoms with Gasteiger partial charge in [0.2, 0.25) is 5.91 Å². The van der Waals surface area contributed by atoms with Gasteiger partial charge >= 0.3 is 0 Å². The van der Waals surface area contributed by atoms with Gasteiger partial charge in [-0.1, -0.05) is 29.4 Å². The number of carbonyl (C=O) groups is 1. The van der Waals surface area contributed by atoms with E-state index in [1.807, 2.05) is 4.90 Å². The predicted molar refractivity (Wildman–Crippen MR) is 63.4 cm³/mol. The molecule has 1 aliphatic rings. The summed E-state index contributed by atoms with van der Waals surface area (Å²) < 4.78 is 4.36. The Hall–Kier alpha value is -0.680. The Morgan fingerprint density at radius 3 is 3.06 bits per heavy atom. The highest BCUT2D eigenvalue weighted by Gasteiger charge is 2.29. The molecule has 1 fully saturated rings. The topological polar surface area (TPSA) is 46.1 Å². The number of hydrogen-bond acceptors (Lipinski definition) is 4. The standard InChI is InChI=1S/C10H14ClN3OS/c1-2-3-7-4-9(15)14(5-7)6-8-10(11)16-13-12-8/h7H,2-6H2,1H3. The number of carbonyl (C=O) groups excluding carboxylic acids is 1. The van der Waals surface area contributed by atoms with Crippen LogP contribution in [0.5, 0.6) is 0 Å². The molecule has 0 saturated carbocycles. The van der Waals surface area contributed by atoms with E-state index in [9.17, 15) is 4.79 Å². The van der Waals surface area contributed by atoms with Crippen molar-refractivity contribution in [2.75, 3.05) is 6.54 Å². The molecule has 88 valence electrons. The second-order valence-corrected chi connectivity index (χ2v) is 5.48. The summed E-state index contributed by atoms with van der Waals surface area (Å²) in [6, 6.07) is 0. The zero-order valence-corrected chi connectivity index (χ0v) is 10.7. The Kier molecular flexibility index (Phi) is 3.76. The van der Waals surface area contributed by atoms with Crippen molar-refractivity contribution in [2.24, 2.45) is 5.92 Å². The SMILES string of the molecule is CCCC1CC(=O)N(Cc2nnsc2Cl)C1. The third-order valence-corrected chi connectivity index (χ3v) is 3.83. The number of hydrogen-bond donors (Lipinski definition) is 0. The third-order valence-electron chi connectivity index (χ3n) is 2.84. The Labute approximate surface area is 104 Å². The first-order chi connectivity index (χ1) is 7.70. The van der Waals surface area contributed by atoms with Crippen LogP contribution in [0.2, 0.25) is 4.34 Å². The summed E-state index contributed by atoms with van der Waals surface area (Å²) in [5.41, 5.74) is 0.720. The molecular formula is C10H14ClN3OS. The van der Waals surface area contributed by atoms with Crippen LogP contribution in [0, 0.1) is 5.92 Å². The van der Waals surface area contributed by atoms with E-state index >= 15 is 0 Å². The lowest BCUT2D eigenvalue weighted by atomic mass is 10.0. The van der Waals surface area contributed by atoms with Gasteiger partial charge in [0.05, 0.1) is 6.54 Å². The highest BCUT2D eigenvalue weighted by atomic mass is 35.5. The van der Waals surface area contributed by atoms with Crippen LogP contribution >= 0.6 is 23.1 Å². The molecule has 1 saturated heterocycles. The van der Waals surface area contributed by atoms with E-state index < -0.39 is 0 Å². The molecule has 4 nitrogen and oxygen atoms in total. The summed E-state index contributed by atoms with van der Waals surface area (Å²) in [6.45, 7) is 3.49. The second-order valence-electron chi connectivity index (χ2n) is 4.13. The molecule has 1 aliphatic heterocycles. The Bertz CT molecular complexity index is 382. The lowest BCUT2D eigenvalue weighted by Gasteiger charge is -2.14. The van der Waals surface area contributed by atoms with Crippen LogP contribution in [-0.4, -0.2) is 26.9 Å². The first-order valence-corrected chi connectivity index (χ1v) is 6.60. The molecule has 1 atom stereocenters. The number of rotatable bonds is 4. The Morgan fingerprint density at radius 2 is 2.44 bits per heavy atom. The minimum atomic E-state index is 0.211. The average molecular weight is 260 g/mol. The predicted octanol–water partition coefficient (Wildman–Crippen LogP) is 2.34. The van der Waals surface area contributed by atoms with Crippen LogP contribution in [0.15, 0.2) is 0 Å². The van der Waals surface area contributed by atoms with E-state index in [2.05, 4.69) is 16.5 Å². The van der Waals surface area contributed by atoms with Crippen LogP contribution < -0.4 is 0 Å². The zero-order valence-electron chi connectivity index (χ0n) is 9.15. The zero-order chi connectivity index (χ0) is 11.5. The van der Waals surface area contributed by atoms with E-state index in [1.54, 1.807) is 0 Å². The largest absolute Gasteiger partial charge is 0.336 e. The maximum absolute atomic E-state index is 11.7. The third kappa shape index (κ3) is 2.52. The van der Waals surface area contributed by atoms with Crippen LogP contribution in [-0.2, 0) is 11.3 Å². The first-order valence-electron chi connectivity index (χ1n) is 5.45. The fraction of sp³-hybridized carbons (Fsp3) is 0.700. The van der Waals surface area contributed by atoms with Crippen molar-refractivity contribution >= 4 is 29.0 Å². The first kappa shape index (κ1) is 11.8. The number of nitrogens with zero attached hydrogens (tertiary/aromatic N) is 3. The van der Waals surface area contributed by atoms with Gasteiger partial charge in [0.1, 0.15) is 10.0 Å². The monoisotopic (exact) mass is 259 g/mol. The molecule has 16 heavy (non-hydrogen) atoms. The van der Waals surface area contributed by atoms with Crippen molar-refractivity contribution < 1.29 is 4.79 Å². The summed E-state index contributed by atoms with van der Waals surface area (Å²) in [4.78, 5) is 13.6. The fourth-order valence-electron chi connectivity index (χ4n) is 2.08. The van der Waals surface area contributed by atoms with Crippen LogP contribution in [0.1, 0.15) is 31.9 Å². The maximum atomic E-state index is 11.7. The van der Waals surface area contributed by atoms with Gasteiger partial charge in [-0.3, -0.25) is 4.79 Å². The molecule has 0 N–H and O–H groups in total. The van der Waals surface area contributed by atoms with Crippen LogP contribution in [0.25, 0.3) is 0 Å². The summed E-state index contributed by atoms with van der Waals surface area (Å²) in [7, 11) is 0. The van der Waals surface area contributed by atoms with Crippen molar-refractivity contribution in [1.29, 1.82) is 0 Å². The molecule has 1 unspecified atom stereocenters. The smallest absolute Gasteiger partial charge is 0.223 e. The fourth-order valence-corrected chi connectivity index (χ4v) is 2.69. The van der Waals surface area contributed by atoms with Gasteiger partial charge in [0.25, 0.3) is 0 Å². The molecule has 0 aromatic carbocycles. The molecule has 0 aliphatic carbocycles. The number of aromatic nitrogens is 2. The van der Waals surface area contributed by atoms with Crippen molar-refractivity contribution in [2.45, 2.75) is 32.7 Å². The van der Waals surface area contributed by atoms with Gasteiger partial charge in [0.15, 0.2) is 0 Å². The number of likely N-dealkylation sites (tertiary alicyclic amines) is 1. The molecule has 6 heteroatoms. The highest BCUT2D eigenvalue weighted by molar-refractivity contribution is 7.10. The normalized spacial score (nSPS) is 20.8. The Morgan fingerprint density at radius 1 is 1.62 bits per heavy atom. The van der Waals surface area contributed by atoms with Crippen LogP contribution in [0.3, 0.4) is 0 Å². The van der Waals surface area contributed by atoms with Crippen molar-refractivity contribution in [1.82, 2.24) is 14.5 Å². The molecule has 2 rings (SSSR count). The van der Waals surface area contributed by atoms with Crippen LogP contribution in [0.4, 0.5) is 0 Å². The van der Waals surface area contributed by atoms with Gasteiger partial charge in [-0.15, -0.1) is 5.10 Å². The highest BCUT2D eigenvalue weighted by Crippen LogP contribution is 2.26. The van der Waals surface area contributed by atoms with E-state index in [4.69, 9.17) is 11.6 Å². The molecule has 1 aromatic heterocycles. The molecular weight excluding hydrogens is 246 g/mol. The minimum absolute atomic E-state index is 0.211. The lowest BCUT2D eigenvalue weighted by molar-refractivity contribution is -0.128. The van der Waals surface area contributed by atoms with Crippen molar-refractivity contribution in [3.05, 3.63) is 10.0 Å². The summed E-state index contributed by atoms with van der Waals surface area (Å²) >= 11 is 7.09. The average Bonchev–Trinajstić information content (AvgIpc) is 2.77. The second kappa shape index (κ2) is 5.10. The summed E-state index contributed by atoms with van der Waals surface area (Å²) in [5.74, 6) is 0.713. The van der Waals surface area contributed by atoms with Gasteiger partial charge in [-0.2, -0.15) is 0 Å². The minimum Gasteiger partial charge on any atom is -0.336 e. The molecule has 0 radical (unpaired) electrons. The Balaban J connectivity index is 1.96. The van der Waals surface area contributed by atoms with E-state index in [1.165, 1.54) is 11.5 Å². The quantitative estimate of drug-likeness (QED) is 0.834. The number of halogens is 1. The molecule has 1 amide bonds. The summed E-state index contributed by atoms with van der Waals surface area (Å²) in [5, 5.41) is 3.93. The lowest BCUT2D eigenvalue weighted by Crippen LogP contribution is -2.24. The molecule has 0 bridgehead atoms. The van der Waals surface area contributed by atoms with Gasteiger partial charge in [-0.25, -0.2) is 0 Å².